The fourth-order valence-electron chi connectivity index (χ4n) is 2.09. The maximum atomic E-state index is 12.4. The Bertz CT molecular complexity index is 859. The third-order valence-corrected chi connectivity index (χ3v) is 3.56. The Balaban J connectivity index is 1.72. The Morgan fingerprint density at radius 1 is 0.833 bits per heavy atom. The Morgan fingerprint density at radius 2 is 1.46 bits per heavy atom. The molecular weight excluding hydrogens is 326 g/mol. The monoisotopic (exact) mass is 337 g/mol. The molecule has 0 spiro atoms. The predicted molar refractivity (Wildman–Crippen MR) is 90.5 cm³/mol. The molecule has 0 fully saturated rings. The molecule has 0 aliphatic carbocycles. The lowest BCUT2D eigenvalue weighted by Gasteiger charge is -2.05. The van der Waals surface area contributed by atoms with Gasteiger partial charge in [0.15, 0.2) is 5.78 Å². The summed E-state index contributed by atoms with van der Waals surface area (Å²) in [4.78, 5) is 28.2. The van der Waals surface area contributed by atoms with Gasteiger partial charge in [0.25, 0.3) is 0 Å². The number of halogens is 1. The van der Waals surface area contributed by atoms with Crippen LogP contribution in [0, 0.1) is 0 Å². The predicted octanol–water partition coefficient (Wildman–Crippen LogP) is 4.19. The number of hydrogen-bond donors (Lipinski definition) is 0. The molecule has 0 aliphatic heterocycles. The highest BCUT2D eigenvalue weighted by Crippen LogP contribution is 2.18. The smallest absolute Gasteiger partial charge is 0.362 e. The van der Waals surface area contributed by atoms with Gasteiger partial charge in [0.1, 0.15) is 11.4 Å². The van der Waals surface area contributed by atoms with Gasteiger partial charge in [-0.05, 0) is 60.7 Å². The minimum absolute atomic E-state index is 0.130. The van der Waals surface area contributed by atoms with Crippen molar-refractivity contribution < 1.29 is 14.3 Å². The van der Waals surface area contributed by atoms with Crippen molar-refractivity contribution >= 4 is 23.4 Å². The Labute approximate surface area is 143 Å². The number of ketones is 1. The third-order valence-electron chi connectivity index (χ3n) is 3.31. The molecule has 0 unspecified atom stereocenters. The number of aromatic nitrogens is 1. The number of rotatable bonds is 4. The minimum atomic E-state index is -0.549. The molecule has 118 valence electrons. The number of carbonyl (C=O) groups excluding carboxylic acids is 2. The molecule has 3 rings (SSSR count). The van der Waals surface area contributed by atoms with Crippen LogP contribution in [0.3, 0.4) is 0 Å². The van der Waals surface area contributed by atoms with E-state index in [0.717, 1.165) is 0 Å². The molecule has 0 saturated heterocycles. The lowest BCUT2D eigenvalue weighted by molar-refractivity contribution is 0.0728. The number of benzene rings is 2. The van der Waals surface area contributed by atoms with Crippen LogP contribution in [-0.4, -0.2) is 16.7 Å². The fraction of sp³-hybridized carbons (Fsp3) is 0. The molecule has 0 atom stereocenters. The largest absolute Gasteiger partial charge is 0.422 e. The zero-order valence-electron chi connectivity index (χ0n) is 12.5. The number of nitrogens with zero attached hydrogens (tertiary/aromatic N) is 1. The van der Waals surface area contributed by atoms with E-state index in [0.29, 0.717) is 21.9 Å². The highest BCUT2D eigenvalue weighted by Gasteiger charge is 2.12. The van der Waals surface area contributed by atoms with Gasteiger partial charge in [-0.25, -0.2) is 9.78 Å². The summed E-state index contributed by atoms with van der Waals surface area (Å²) in [6.07, 6.45) is 1.52. The summed E-state index contributed by atoms with van der Waals surface area (Å²) in [5, 5.41) is 0.573. The van der Waals surface area contributed by atoms with Gasteiger partial charge in [0.05, 0.1) is 0 Å². The zero-order valence-corrected chi connectivity index (χ0v) is 13.2. The highest BCUT2D eigenvalue weighted by molar-refractivity contribution is 6.30. The van der Waals surface area contributed by atoms with Gasteiger partial charge >= 0.3 is 5.97 Å². The van der Waals surface area contributed by atoms with E-state index >= 15 is 0 Å². The highest BCUT2D eigenvalue weighted by atomic mass is 35.5. The summed E-state index contributed by atoms with van der Waals surface area (Å²) in [6, 6.07) is 18.0. The number of ether oxygens (including phenoxy) is 1. The van der Waals surface area contributed by atoms with Crippen LogP contribution in [0.15, 0.2) is 72.9 Å². The molecule has 0 saturated carbocycles. The first kappa shape index (κ1) is 15.9. The van der Waals surface area contributed by atoms with Gasteiger partial charge in [-0.1, -0.05) is 17.7 Å². The lowest BCUT2D eigenvalue weighted by atomic mass is 10.0. The van der Waals surface area contributed by atoms with Crippen molar-refractivity contribution in [2.75, 3.05) is 0 Å². The van der Waals surface area contributed by atoms with Crippen molar-refractivity contribution in [3.8, 4) is 5.75 Å². The van der Waals surface area contributed by atoms with E-state index in [1.54, 1.807) is 66.7 Å². The first-order valence-electron chi connectivity index (χ1n) is 7.17. The van der Waals surface area contributed by atoms with Gasteiger partial charge in [-0.15, -0.1) is 0 Å². The second kappa shape index (κ2) is 7.06. The molecule has 5 heteroatoms. The topological polar surface area (TPSA) is 56.3 Å². The molecule has 0 aliphatic rings. The summed E-state index contributed by atoms with van der Waals surface area (Å²) in [6.45, 7) is 0. The van der Waals surface area contributed by atoms with E-state index in [9.17, 15) is 9.59 Å². The molecule has 0 radical (unpaired) electrons. The maximum absolute atomic E-state index is 12.4. The molecule has 4 nitrogen and oxygen atoms in total. The van der Waals surface area contributed by atoms with Crippen LogP contribution in [-0.2, 0) is 0 Å². The second-order valence-corrected chi connectivity index (χ2v) is 5.40. The van der Waals surface area contributed by atoms with Crippen LogP contribution in [0.25, 0.3) is 0 Å². The first-order valence-corrected chi connectivity index (χ1v) is 7.55. The normalized spacial score (nSPS) is 10.2. The number of pyridine rings is 1. The Morgan fingerprint density at radius 3 is 2.04 bits per heavy atom. The van der Waals surface area contributed by atoms with E-state index in [-0.39, 0.29) is 11.5 Å². The maximum Gasteiger partial charge on any atom is 0.362 e. The SMILES string of the molecule is O=C(c1ccc(Cl)cc1)c1ccc(OC(=O)c2ccccn2)cc1. The summed E-state index contributed by atoms with van der Waals surface area (Å²) >= 11 is 5.82. The summed E-state index contributed by atoms with van der Waals surface area (Å²) < 4.78 is 5.23. The van der Waals surface area contributed by atoms with Crippen molar-refractivity contribution in [3.63, 3.8) is 0 Å². The van der Waals surface area contributed by atoms with Crippen molar-refractivity contribution in [2.45, 2.75) is 0 Å². The van der Waals surface area contributed by atoms with Crippen LogP contribution >= 0.6 is 11.6 Å². The minimum Gasteiger partial charge on any atom is -0.422 e. The van der Waals surface area contributed by atoms with E-state index in [1.807, 2.05) is 0 Å². The van der Waals surface area contributed by atoms with Crippen LogP contribution in [0.4, 0.5) is 0 Å². The molecular formula is C19H12ClNO3. The van der Waals surface area contributed by atoms with Crippen molar-refractivity contribution in [1.29, 1.82) is 0 Å². The van der Waals surface area contributed by atoms with Crippen molar-refractivity contribution in [1.82, 2.24) is 4.98 Å². The van der Waals surface area contributed by atoms with Gasteiger partial charge in [0.2, 0.25) is 0 Å². The van der Waals surface area contributed by atoms with E-state index in [4.69, 9.17) is 16.3 Å². The summed E-state index contributed by atoms with van der Waals surface area (Å²) in [7, 11) is 0. The molecule has 24 heavy (non-hydrogen) atoms. The third kappa shape index (κ3) is 3.67. The fourth-order valence-corrected chi connectivity index (χ4v) is 2.21. The van der Waals surface area contributed by atoms with Crippen LogP contribution in [0.1, 0.15) is 26.4 Å². The van der Waals surface area contributed by atoms with Gasteiger partial charge in [0, 0.05) is 22.3 Å². The van der Waals surface area contributed by atoms with Gasteiger partial charge < -0.3 is 4.74 Å². The number of carbonyl (C=O) groups is 2. The number of esters is 1. The zero-order chi connectivity index (χ0) is 16.9. The Hall–Kier alpha value is -2.98. The summed E-state index contributed by atoms with van der Waals surface area (Å²) in [5.74, 6) is -0.333. The Kier molecular flexibility index (Phi) is 4.68. The van der Waals surface area contributed by atoms with Crippen LogP contribution < -0.4 is 4.74 Å². The quantitative estimate of drug-likeness (QED) is 0.407. The summed E-state index contributed by atoms with van der Waals surface area (Å²) in [5.41, 5.74) is 1.26. The molecule has 0 bridgehead atoms. The number of hydrogen-bond acceptors (Lipinski definition) is 4. The molecule has 0 amide bonds. The van der Waals surface area contributed by atoms with Gasteiger partial charge in [-0.3, -0.25) is 4.79 Å². The molecule has 1 aromatic heterocycles. The van der Waals surface area contributed by atoms with E-state index in [1.165, 1.54) is 6.20 Å². The average Bonchev–Trinajstić information content (AvgIpc) is 2.63. The average molecular weight is 338 g/mol. The van der Waals surface area contributed by atoms with Crippen LogP contribution in [0.5, 0.6) is 5.75 Å². The van der Waals surface area contributed by atoms with Crippen molar-refractivity contribution in [3.05, 3.63) is 94.8 Å². The molecule has 1 heterocycles. The van der Waals surface area contributed by atoms with Crippen molar-refractivity contribution in [2.24, 2.45) is 0 Å². The molecule has 2 aromatic carbocycles. The van der Waals surface area contributed by atoms with E-state index in [2.05, 4.69) is 4.98 Å². The standard InChI is InChI=1S/C19H12ClNO3/c20-15-8-4-13(5-9-15)18(22)14-6-10-16(11-7-14)24-19(23)17-3-1-2-12-21-17/h1-12H. The van der Waals surface area contributed by atoms with Gasteiger partial charge in [-0.2, -0.15) is 0 Å². The molecule has 3 aromatic rings. The lowest BCUT2D eigenvalue weighted by Crippen LogP contribution is -2.10. The first-order chi connectivity index (χ1) is 11.6. The van der Waals surface area contributed by atoms with E-state index < -0.39 is 5.97 Å². The van der Waals surface area contributed by atoms with Crippen LogP contribution in [0.2, 0.25) is 5.02 Å². The molecule has 0 N–H and O–H groups in total. The second-order valence-electron chi connectivity index (χ2n) is 4.96.